The summed E-state index contributed by atoms with van der Waals surface area (Å²) in [5.74, 6) is 2.27. The highest BCUT2D eigenvalue weighted by molar-refractivity contribution is 5.61. The van der Waals surface area contributed by atoms with Gasteiger partial charge in [0.2, 0.25) is 5.95 Å². The smallest absolute Gasteiger partial charge is 0.227 e. The van der Waals surface area contributed by atoms with Crippen molar-refractivity contribution in [3.05, 3.63) is 66.1 Å². The van der Waals surface area contributed by atoms with Crippen molar-refractivity contribution in [2.45, 2.75) is 25.3 Å². The monoisotopic (exact) mass is 411 g/mol. The van der Waals surface area contributed by atoms with E-state index in [0.29, 0.717) is 11.3 Å². The maximum atomic E-state index is 9.17. The van der Waals surface area contributed by atoms with E-state index < -0.39 is 0 Å². The maximum Gasteiger partial charge on any atom is 0.227 e. The molecule has 0 N–H and O–H groups in total. The van der Waals surface area contributed by atoms with Crippen LogP contribution in [0.1, 0.15) is 36.6 Å². The zero-order chi connectivity index (χ0) is 21.2. The van der Waals surface area contributed by atoms with Crippen molar-refractivity contribution >= 4 is 5.95 Å². The first kappa shape index (κ1) is 19.0. The lowest BCUT2D eigenvalue weighted by Crippen LogP contribution is -2.35. The average Bonchev–Trinajstić information content (AvgIpc) is 3.47. The molecule has 1 saturated heterocycles. The van der Waals surface area contributed by atoms with Gasteiger partial charge in [-0.25, -0.2) is 0 Å². The van der Waals surface area contributed by atoms with E-state index in [1.807, 2.05) is 48.0 Å². The number of hydrogen-bond acceptors (Lipinski definition) is 7. The Morgan fingerprint density at radius 2 is 1.94 bits per heavy atom. The Labute approximate surface area is 179 Å². The topological polar surface area (TPSA) is 96.7 Å². The lowest BCUT2D eigenvalue weighted by atomic mass is 9.99. The van der Waals surface area contributed by atoms with Crippen LogP contribution in [0.15, 0.2) is 59.4 Å². The predicted molar refractivity (Wildman–Crippen MR) is 115 cm³/mol. The zero-order valence-corrected chi connectivity index (χ0v) is 17.1. The molecular formula is C23H21N7O. The molecule has 0 aliphatic carbocycles. The number of benzene rings is 1. The van der Waals surface area contributed by atoms with Crippen molar-refractivity contribution in [1.29, 1.82) is 5.26 Å². The molecule has 0 amide bonds. The number of rotatable bonds is 4. The van der Waals surface area contributed by atoms with E-state index >= 15 is 0 Å². The highest BCUT2D eigenvalue weighted by Gasteiger charge is 2.30. The van der Waals surface area contributed by atoms with Gasteiger partial charge < -0.3 is 9.42 Å². The fraction of sp³-hybridized carbons (Fsp3) is 0.261. The molecule has 8 heteroatoms. The van der Waals surface area contributed by atoms with E-state index in [9.17, 15) is 0 Å². The molecule has 4 aromatic rings. The van der Waals surface area contributed by atoms with E-state index in [4.69, 9.17) is 9.78 Å². The third-order valence-electron chi connectivity index (χ3n) is 5.70. The van der Waals surface area contributed by atoms with E-state index in [1.165, 1.54) is 0 Å². The van der Waals surface area contributed by atoms with Gasteiger partial charge in [-0.3, -0.25) is 9.55 Å². The molecule has 8 nitrogen and oxygen atoms in total. The minimum Gasteiger partial charge on any atom is -0.356 e. The van der Waals surface area contributed by atoms with Gasteiger partial charge in [0.25, 0.3) is 0 Å². The summed E-state index contributed by atoms with van der Waals surface area (Å²) >= 11 is 0. The van der Waals surface area contributed by atoms with Crippen LogP contribution in [-0.4, -0.2) is 31.4 Å². The first-order chi connectivity index (χ1) is 15.2. The van der Waals surface area contributed by atoms with Crippen LogP contribution in [0, 0.1) is 11.3 Å². The van der Waals surface area contributed by atoms with Crippen molar-refractivity contribution in [3.8, 4) is 28.8 Å². The molecule has 0 bridgehead atoms. The molecule has 1 aromatic carbocycles. The minimum atomic E-state index is 0.0542. The summed E-state index contributed by atoms with van der Waals surface area (Å²) in [6, 6.07) is 15.4. The molecule has 4 heterocycles. The molecule has 0 saturated carbocycles. The molecule has 1 aliphatic rings. The second kappa shape index (κ2) is 8.03. The molecular weight excluding hydrogens is 390 g/mol. The van der Waals surface area contributed by atoms with E-state index in [-0.39, 0.29) is 6.04 Å². The summed E-state index contributed by atoms with van der Waals surface area (Å²) in [5, 5.41) is 22.5. The van der Waals surface area contributed by atoms with Gasteiger partial charge in [0, 0.05) is 43.2 Å². The Bertz CT molecular complexity index is 1240. The highest BCUT2D eigenvalue weighted by atomic mass is 16.5. The molecule has 1 aliphatic heterocycles. The lowest BCUT2D eigenvalue weighted by Gasteiger charge is -2.34. The largest absolute Gasteiger partial charge is 0.356 e. The Morgan fingerprint density at radius 1 is 1.06 bits per heavy atom. The maximum absolute atomic E-state index is 9.17. The number of nitrogens with zero attached hydrogens (tertiary/aromatic N) is 7. The van der Waals surface area contributed by atoms with Crippen LogP contribution < -0.4 is 4.90 Å². The number of anilines is 1. The van der Waals surface area contributed by atoms with Crippen molar-refractivity contribution in [1.82, 2.24) is 24.9 Å². The van der Waals surface area contributed by atoms with Crippen molar-refractivity contribution in [3.63, 3.8) is 0 Å². The number of hydrogen-bond donors (Lipinski definition) is 0. The number of aromatic nitrogens is 5. The molecule has 0 spiro atoms. The van der Waals surface area contributed by atoms with Crippen LogP contribution >= 0.6 is 0 Å². The number of piperidine rings is 1. The Kier molecular flexibility index (Phi) is 4.92. The van der Waals surface area contributed by atoms with Crippen molar-refractivity contribution < 1.29 is 4.52 Å². The zero-order valence-electron chi connectivity index (χ0n) is 17.1. The summed E-state index contributed by atoms with van der Waals surface area (Å²) < 4.78 is 7.68. The average molecular weight is 411 g/mol. The predicted octanol–water partition coefficient (Wildman–Crippen LogP) is 4.14. The van der Waals surface area contributed by atoms with Crippen LogP contribution in [0.5, 0.6) is 0 Å². The molecule has 1 atom stereocenters. The molecule has 5 rings (SSSR count). The van der Waals surface area contributed by atoms with Gasteiger partial charge in [0.15, 0.2) is 11.6 Å². The van der Waals surface area contributed by atoms with Gasteiger partial charge >= 0.3 is 0 Å². The SMILES string of the molecule is Cn1c(-c2ccncc2)nnc1N1CCCCC1c1cc(-c2cccc(C#N)c2)on1. The Hall–Kier alpha value is -3.99. The van der Waals surface area contributed by atoms with Crippen LogP contribution in [0.25, 0.3) is 22.7 Å². The van der Waals surface area contributed by atoms with Gasteiger partial charge in [-0.2, -0.15) is 5.26 Å². The molecule has 0 radical (unpaired) electrons. The fourth-order valence-corrected chi connectivity index (χ4v) is 4.13. The number of nitriles is 1. The fourth-order valence-electron chi connectivity index (χ4n) is 4.13. The van der Waals surface area contributed by atoms with E-state index in [0.717, 1.165) is 54.4 Å². The second-order valence-corrected chi connectivity index (χ2v) is 7.63. The lowest BCUT2D eigenvalue weighted by molar-refractivity contribution is 0.392. The minimum absolute atomic E-state index is 0.0542. The van der Waals surface area contributed by atoms with Gasteiger partial charge in [0.05, 0.1) is 17.7 Å². The van der Waals surface area contributed by atoms with Crippen LogP contribution in [-0.2, 0) is 7.05 Å². The van der Waals surface area contributed by atoms with Crippen molar-refractivity contribution in [2.75, 3.05) is 11.4 Å². The quantitative estimate of drug-likeness (QED) is 0.498. The molecule has 31 heavy (non-hydrogen) atoms. The summed E-state index contributed by atoms with van der Waals surface area (Å²) in [6.45, 7) is 0.874. The van der Waals surface area contributed by atoms with Gasteiger partial charge in [0.1, 0.15) is 5.69 Å². The highest BCUT2D eigenvalue weighted by Crippen LogP contribution is 2.36. The summed E-state index contributed by atoms with van der Waals surface area (Å²) in [5.41, 5.74) is 3.28. The summed E-state index contributed by atoms with van der Waals surface area (Å²) in [7, 11) is 1.98. The van der Waals surface area contributed by atoms with E-state index in [1.54, 1.807) is 18.5 Å². The molecule has 3 aromatic heterocycles. The first-order valence-corrected chi connectivity index (χ1v) is 10.3. The van der Waals surface area contributed by atoms with Gasteiger partial charge in [-0.1, -0.05) is 17.3 Å². The summed E-state index contributed by atoms with van der Waals surface area (Å²) in [4.78, 5) is 6.34. The van der Waals surface area contributed by atoms with Crippen molar-refractivity contribution in [2.24, 2.45) is 7.05 Å². The Balaban J connectivity index is 1.47. The molecule has 1 unspecified atom stereocenters. The van der Waals surface area contributed by atoms with Gasteiger partial charge in [-0.05, 0) is 43.5 Å². The summed E-state index contributed by atoms with van der Waals surface area (Å²) in [6.07, 6.45) is 6.67. The van der Waals surface area contributed by atoms with E-state index in [2.05, 4.69) is 31.3 Å². The normalized spacial score (nSPS) is 16.3. The standard InChI is InChI=1S/C23H21N7O/c1-29-22(17-8-10-25-11-9-17)26-27-23(29)30-12-3-2-7-20(30)19-14-21(31-28-19)18-6-4-5-16(13-18)15-24/h4-6,8-11,13-14,20H,2-3,7,12H2,1H3. The molecule has 1 fully saturated rings. The number of pyridine rings is 1. The Morgan fingerprint density at radius 3 is 2.77 bits per heavy atom. The molecule has 154 valence electrons. The third-order valence-corrected chi connectivity index (χ3v) is 5.70. The van der Waals surface area contributed by atoms with Gasteiger partial charge in [-0.15, -0.1) is 10.2 Å². The second-order valence-electron chi connectivity index (χ2n) is 7.63. The van der Waals surface area contributed by atoms with Crippen LogP contribution in [0.4, 0.5) is 5.95 Å². The first-order valence-electron chi connectivity index (χ1n) is 10.3. The third kappa shape index (κ3) is 3.55. The van der Waals surface area contributed by atoms with Crippen LogP contribution in [0.2, 0.25) is 0 Å². The van der Waals surface area contributed by atoms with Crippen LogP contribution in [0.3, 0.4) is 0 Å².